The van der Waals surface area contributed by atoms with Crippen LogP contribution in [0.4, 0.5) is 0 Å². The maximum Gasteiger partial charge on any atom is 0.219 e. The smallest absolute Gasteiger partial charge is 0.219 e. The van der Waals surface area contributed by atoms with Gasteiger partial charge in [0.15, 0.2) is 5.96 Å². The molecule has 8 heteroatoms. The highest BCUT2D eigenvalue weighted by Gasteiger charge is 2.27. The molecule has 3 aromatic rings. The van der Waals surface area contributed by atoms with Crippen molar-refractivity contribution in [2.45, 2.75) is 32.9 Å². The zero-order valence-corrected chi connectivity index (χ0v) is 18.9. The van der Waals surface area contributed by atoms with E-state index in [4.69, 9.17) is 13.9 Å². The lowest BCUT2D eigenvalue weighted by molar-refractivity contribution is 0.0378. The average Bonchev–Trinajstić information content (AvgIpc) is 3.24. The van der Waals surface area contributed by atoms with Crippen molar-refractivity contribution < 1.29 is 19.0 Å². The van der Waals surface area contributed by atoms with E-state index in [-0.39, 0.29) is 6.54 Å². The Bertz CT molecular complexity index is 1010. The molecule has 32 heavy (non-hydrogen) atoms. The second-order valence-corrected chi connectivity index (χ2v) is 7.52. The molecular weight excluding hydrogens is 408 g/mol. The number of nitrogens with one attached hydrogen (secondary N) is 2. The summed E-state index contributed by atoms with van der Waals surface area (Å²) in [5, 5.41) is 17.1. The lowest BCUT2D eigenvalue weighted by Crippen LogP contribution is -2.44. The van der Waals surface area contributed by atoms with Crippen LogP contribution in [-0.2, 0) is 12.1 Å². The monoisotopic (exact) mass is 438 g/mol. The second-order valence-electron chi connectivity index (χ2n) is 7.52. The van der Waals surface area contributed by atoms with Crippen molar-refractivity contribution >= 4 is 5.96 Å². The Morgan fingerprint density at radius 1 is 1.09 bits per heavy atom. The van der Waals surface area contributed by atoms with Crippen LogP contribution in [0, 0.1) is 6.92 Å². The summed E-state index contributed by atoms with van der Waals surface area (Å²) in [6.45, 7) is 6.90. The fraction of sp³-hybridized carbons (Fsp3) is 0.333. The van der Waals surface area contributed by atoms with Crippen LogP contribution >= 0.6 is 0 Å². The predicted octanol–water partition coefficient (Wildman–Crippen LogP) is 3.75. The fourth-order valence-corrected chi connectivity index (χ4v) is 2.91. The molecule has 1 unspecified atom stereocenters. The van der Waals surface area contributed by atoms with Crippen LogP contribution in [0.15, 0.2) is 64.1 Å². The van der Waals surface area contributed by atoms with Gasteiger partial charge in [-0.15, -0.1) is 0 Å². The van der Waals surface area contributed by atoms with E-state index in [2.05, 4.69) is 20.6 Å². The Kier molecular flexibility index (Phi) is 7.72. The average molecular weight is 439 g/mol. The molecule has 2 aromatic heterocycles. The molecule has 3 rings (SSSR count). The molecule has 1 aromatic carbocycles. The molecule has 0 aliphatic rings. The number of aromatic nitrogens is 1. The Morgan fingerprint density at radius 2 is 1.84 bits per heavy atom. The quantitative estimate of drug-likeness (QED) is 0.345. The van der Waals surface area contributed by atoms with Crippen molar-refractivity contribution in [3.8, 4) is 17.4 Å². The summed E-state index contributed by atoms with van der Waals surface area (Å²) in [6.07, 6.45) is 1.73. The van der Waals surface area contributed by atoms with Gasteiger partial charge in [0, 0.05) is 18.8 Å². The number of furan rings is 1. The number of ether oxygens (including phenoxy) is 2. The highest BCUT2D eigenvalue weighted by atomic mass is 16.5. The highest BCUT2D eigenvalue weighted by molar-refractivity contribution is 5.79. The van der Waals surface area contributed by atoms with Gasteiger partial charge in [-0.05, 0) is 62.7 Å². The van der Waals surface area contributed by atoms with E-state index >= 15 is 0 Å². The standard InChI is InChI=1S/C24H30N4O4/c1-5-25-23(28-16-24(3,29)21-12-6-17(2)31-21)27-15-18-7-13-22(26-14-18)32-20-10-8-19(30-4)9-11-20/h6-14,29H,5,15-16H2,1-4H3,(H2,25,27,28). The van der Waals surface area contributed by atoms with Gasteiger partial charge >= 0.3 is 0 Å². The summed E-state index contributed by atoms with van der Waals surface area (Å²) < 4.78 is 16.5. The van der Waals surface area contributed by atoms with E-state index in [9.17, 15) is 5.11 Å². The molecule has 0 amide bonds. The fourth-order valence-electron chi connectivity index (χ4n) is 2.91. The van der Waals surface area contributed by atoms with E-state index in [1.165, 1.54) is 0 Å². The molecule has 1 atom stereocenters. The van der Waals surface area contributed by atoms with Crippen LogP contribution in [0.3, 0.4) is 0 Å². The summed E-state index contributed by atoms with van der Waals surface area (Å²) >= 11 is 0. The van der Waals surface area contributed by atoms with Crippen molar-refractivity contribution in [3.05, 3.63) is 71.8 Å². The number of pyridine rings is 1. The molecular formula is C24H30N4O4. The van der Waals surface area contributed by atoms with Crippen LogP contribution < -0.4 is 20.1 Å². The number of aliphatic hydroxyl groups is 1. The first-order valence-electron chi connectivity index (χ1n) is 10.5. The van der Waals surface area contributed by atoms with Crippen LogP contribution in [0.1, 0.15) is 30.9 Å². The number of hydrogen-bond donors (Lipinski definition) is 3. The number of hydrogen-bond acceptors (Lipinski definition) is 6. The predicted molar refractivity (Wildman–Crippen MR) is 123 cm³/mol. The van der Waals surface area contributed by atoms with Gasteiger partial charge in [0.25, 0.3) is 0 Å². The molecule has 0 spiro atoms. The first kappa shape index (κ1) is 23.1. The Morgan fingerprint density at radius 3 is 2.44 bits per heavy atom. The third-order valence-corrected chi connectivity index (χ3v) is 4.71. The Balaban J connectivity index is 1.58. The van der Waals surface area contributed by atoms with Crippen molar-refractivity contribution in [2.75, 3.05) is 20.2 Å². The molecule has 0 aliphatic carbocycles. The maximum atomic E-state index is 10.7. The topological polar surface area (TPSA) is 101 Å². The Labute approximate surface area is 188 Å². The van der Waals surface area contributed by atoms with Crippen LogP contribution in [0.25, 0.3) is 0 Å². The van der Waals surface area contributed by atoms with E-state index < -0.39 is 5.60 Å². The maximum absolute atomic E-state index is 10.7. The molecule has 3 N–H and O–H groups in total. The lowest BCUT2D eigenvalue weighted by atomic mass is 10.0. The minimum atomic E-state index is -1.16. The number of benzene rings is 1. The summed E-state index contributed by atoms with van der Waals surface area (Å²) in [5.41, 5.74) is -0.232. The van der Waals surface area contributed by atoms with Gasteiger partial charge in [0.1, 0.15) is 28.6 Å². The molecule has 0 bridgehead atoms. The first-order chi connectivity index (χ1) is 15.4. The van der Waals surface area contributed by atoms with Gasteiger partial charge in [0.2, 0.25) is 5.88 Å². The minimum Gasteiger partial charge on any atom is -0.497 e. The number of guanidine groups is 1. The zero-order valence-electron chi connectivity index (χ0n) is 18.9. The number of methoxy groups -OCH3 is 1. The molecule has 2 heterocycles. The molecule has 0 saturated heterocycles. The summed E-state index contributed by atoms with van der Waals surface area (Å²) in [4.78, 5) is 8.93. The zero-order chi connectivity index (χ0) is 23.0. The molecule has 0 radical (unpaired) electrons. The lowest BCUT2D eigenvalue weighted by Gasteiger charge is -2.22. The van der Waals surface area contributed by atoms with Crippen molar-refractivity contribution in [1.29, 1.82) is 0 Å². The molecule has 8 nitrogen and oxygen atoms in total. The summed E-state index contributed by atoms with van der Waals surface area (Å²) in [7, 11) is 1.62. The number of rotatable bonds is 9. The normalized spacial score (nSPS) is 13.3. The van der Waals surface area contributed by atoms with Gasteiger partial charge in [-0.25, -0.2) is 9.98 Å². The SMILES string of the molecule is CCNC(=NCc1ccc(Oc2ccc(OC)cc2)nc1)NCC(C)(O)c1ccc(C)o1. The molecule has 170 valence electrons. The van der Waals surface area contributed by atoms with Crippen molar-refractivity contribution in [2.24, 2.45) is 4.99 Å². The third kappa shape index (κ3) is 6.49. The summed E-state index contributed by atoms with van der Waals surface area (Å²) in [6, 6.07) is 14.6. The van der Waals surface area contributed by atoms with Gasteiger partial charge in [-0.1, -0.05) is 6.07 Å². The van der Waals surface area contributed by atoms with Gasteiger partial charge < -0.3 is 29.6 Å². The highest BCUT2D eigenvalue weighted by Crippen LogP contribution is 2.23. The largest absolute Gasteiger partial charge is 0.497 e. The minimum absolute atomic E-state index is 0.249. The van der Waals surface area contributed by atoms with E-state index in [1.807, 2.05) is 50.2 Å². The number of aliphatic imine (C=N–C) groups is 1. The van der Waals surface area contributed by atoms with E-state index in [0.29, 0.717) is 36.4 Å². The van der Waals surface area contributed by atoms with E-state index in [1.54, 1.807) is 32.4 Å². The third-order valence-electron chi connectivity index (χ3n) is 4.71. The van der Waals surface area contributed by atoms with Crippen molar-refractivity contribution in [3.63, 3.8) is 0 Å². The van der Waals surface area contributed by atoms with Crippen LogP contribution in [-0.4, -0.2) is 36.2 Å². The Hall–Kier alpha value is -3.52. The van der Waals surface area contributed by atoms with Crippen LogP contribution in [0.2, 0.25) is 0 Å². The van der Waals surface area contributed by atoms with Crippen molar-refractivity contribution in [1.82, 2.24) is 15.6 Å². The van der Waals surface area contributed by atoms with Gasteiger partial charge in [-0.3, -0.25) is 0 Å². The number of nitrogens with zero attached hydrogens (tertiary/aromatic N) is 2. The van der Waals surface area contributed by atoms with E-state index in [0.717, 1.165) is 17.1 Å². The second kappa shape index (κ2) is 10.7. The molecule has 0 saturated carbocycles. The van der Waals surface area contributed by atoms with Crippen LogP contribution in [0.5, 0.6) is 17.4 Å². The molecule has 0 aliphatic heterocycles. The van der Waals surface area contributed by atoms with Gasteiger partial charge in [-0.2, -0.15) is 0 Å². The summed E-state index contributed by atoms with van der Waals surface area (Å²) in [5.74, 6) is 3.81. The molecule has 0 fully saturated rings. The number of aryl methyl sites for hydroxylation is 1. The first-order valence-corrected chi connectivity index (χ1v) is 10.5. The van der Waals surface area contributed by atoms with Gasteiger partial charge in [0.05, 0.1) is 20.2 Å².